The zero-order valence-corrected chi connectivity index (χ0v) is 20.3. The Bertz CT molecular complexity index is 1160. The number of nitrogens with zero attached hydrogens (tertiary/aromatic N) is 2. The molecule has 0 atom stereocenters. The molecule has 168 valence electrons. The maximum absolute atomic E-state index is 13.2. The Kier molecular flexibility index (Phi) is 7.72. The molecule has 0 aliphatic rings. The second-order valence-corrected chi connectivity index (χ2v) is 8.48. The standard InChI is InChI=1S/C22H25BrN2O4.CH4O/c1-13-18(23)24(4)19-15(11-10-14-8-6-7-9-17(14)29-5)12-16(20(26)25(13)19)22(2,3)21(27)28;1-2/h6-9,12H,10-11H2,1-5H3,(H,27,28);2H,1H3. The van der Waals surface area contributed by atoms with Crippen LogP contribution in [0.4, 0.5) is 0 Å². The van der Waals surface area contributed by atoms with Gasteiger partial charge in [0, 0.05) is 19.7 Å². The fourth-order valence-electron chi connectivity index (χ4n) is 3.69. The SMILES string of the molecule is CO.COc1ccccc1CCc1cc(C(C)(C)C(=O)O)c(=O)n2c(C)c(Br)n(C)c12. The van der Waals surface area contributed by atoms with Crippen LogP contribution >= 0.6 is 15.9 Å². The molecular weight excluding hydrogens is 464 g/mol. The van der Waals surface area contributed by atoms with Gasteiger partial charge in [-0.05, 0) is 72.8 Å². The van der Waals surface area contributed by atoms with E-state index in [1.54, 1.807) is 31.4 Å². The van der Waals surface area contributed by atoms with Gasteiger partial charge in [-0.15, -0.1) is 0 Å². The van der Waals surface area contributed by atoms with E-state index in [-0.39, 0.29) is 11.1 Å². The fraction of sp³-hybridized carbons (Fsp3) is 0.391. The summed E-state index contributed by atoms with van der Waals surface area (Å²) in [6.07, 6.45) is 1.34. The number of methoxy groups -OCH3 is 1. The summed E-state index contributed by atoms with van der Waals surface area (Å²) in [5.41, 5.74) is 2.16. The summed E-state index contributed by atoms with van der Waals surface area (Å²) < 4.78 is 9.78. The Labute approximate surface area is 190 Å². The summed E-state index contributed by atoms with van der Waals surface area (Å²) >= 11 is 3.55. The summed E-state index contributed by atoms with van der Waals surface area (Å²) in [5.74, 6) is -0.218. The predicted molar refractivity (Wildman–Crippen MR) is 124 cm³/mol. The summed E-state index contributed by atoms with van der Waals surface area (Å²) in [6, 6.07) is 9.58. The number of ether oxygens (including phenoxy) is 1. The molecule has 31 heavy (non-hydrogen) atoms. The molecule has 7 nitrogen and oxygen atoms in total. The first kappa shape index (κ1) is 24.7. The van der Waals surface area contributed by atoms with Crippen LogP contribution in [0.1, 0.15) is 36.2 Å². The molecule has 0 saturated carbocycles. The number of para-hydroxylation sites is 1. The van der Waals surface area contributed by atoms with E-state index >= 15 is 0 Å². The first-order chi connectivity index (χ1) is 14.6. The van der Waals surface area contributed by atoms with E-state index in [1.165, 1.54) is 0 Å². The number of hydrogen-bond donors (Lipinski definition) is 2. The number of aliphatic carboxylic acids is 1. The number of fused-ring (bicyclic) bond motifs is 1. The Hall–Kier alpha value is -2.58. The molecule has 0 aliphatic carbocycles. The third-order valence-electron chi connectivity index (χ3n) is 5.56. The fourth-order valence-corrected chi connectivity index (χ4v) is 4.04. The Morgan fingerprint density at radius 2 is 1.74 bits per heavy atom. The van der Waals surface area contributed by atoms with Crippen LogP contribution in [0.5, 0.6) is 5.75 Å². The van der Waals surface area contributed by atoms with Crippen molar-refractivity contribution in [1.29, 1.82) is 0 Å². The number of aliphatic hydroxyl groups is 1. The molecule has 0 aliphatic heterocycles. The smallest absolute Gasteiger partial charge is 0.313 e. The first-order valence-corrected chi connectivity index (χ1v) is 10.6. The van der Waals surface area contributed by atoms with E-state index in [0.29, 0.717) is 12.8 Å². The molecule has 2 N–H and O–H groups in total. The van der Waals surface area contributed by atoms with Crippen molar-refractivity contribution in [3.8, 4) is 5.75 Å². The molecule has 1 aromatic carbocycles. The molecule has 3 rings (SSSR count). The molecule has 0 unspecified atom stereocenters. The number of carboxylic acid groups (broad SMARTS) is 1. The number of imidazole rings is 1. The van der Waals surface area contributed by atoms with Crippen molar-refractivity contribution in [2.45, 2.75) is 39.0 Å². The molecule has 2 heterocycles. The van der Waals surface area contributed by atoms with Crippen LogP contribution in [0.2, 0.25) is 0 Å². The average Bonchev–Trinajstić information content (AvgIpc) is 2.99. The minimum atomic E-state index is -1.30. The number of halogens is 1. The third-order valence-corrected chi connectivity index (χ3v) is 6.67. The normalized spacial score (nSPS) is 11.2. The van der Waals surface area contributed by atoms with Crippen molar-refractivity contribution >= 4 is 27.5 Å². The number of carboxylic acids is 1. The van der Waals surface area contributed by atoms with Crippen LogP contribution in [0, 0.1) is 6.92 Å². The molecule has 0 radical (unpaired) electrons. The van der Waals surface area contributed by atoms with Crippen LogP contribution in [0.25, 0.3) is 5.65 Å². The summed E-state index contributed by atoms with van der Waals surface area (Å²) in [4.78, 5) is 25.1. The van der Waals surface area contributed by atoms with Crippen molar-refractivity contribution in [3.63, 3.8) is 0 Å². The van der Waals surface area contributed by atoms with Gasteiger partial charge in [-0.2, -0.15) is 0 Å². The molecule has 8 heteroatoms. The molecule has 0 saturated heterocycles. The number of hydrogen-bond acceptors (Lipinski definition) is 4. The molecule has 0 amide bonds. The lowest BCUT2D eigenvalue weighted by Gasteiger charge is -2.21. The lowest BCUT2D eigenvalue weighted by atomic mass is 9.84. The second kappa shape index (κ2) is 9.70. The molecule has 3 aromatic rings. The van der Waals surface area contributed by atoms with Gasteiger partial charge in [0.15, 0.2) is 0 Å². The number of pyridine rings is 1. The highest BCUT2D eigenvalue weighted by Gasteiger charge is 2.34. The third kappa shape index (κ3) is 4.41. The van der Waals surface area contributed by atoms with Crippen molar-refractivity contribution in [2.24, 2.45) is 7.05 Å². The van der Waals surface area contributed by atoms with Gasteiger partial charge in [-0.3, -0.25) is 14.0 Å². The topological polar surface area (TPSA) is 93.2 Å². The van der Waals surface area contributed by atoms with Crippen molar-refractivity contribution in [2.75, 3.05) is 14.2 Å². The monoisotopic (exact) mass is 492 g/mol. The van der Waals surface area contributed by atoms with E-state index in [2.05, 4.69) is 15.9 Å². The van der Waals surface area contributed by atoms with E-state index in [1.807, 2.05) is 42.8 Å². The van der Waals surface area contributed by atoms with E-state index in [4.69, 9.17) is 9.84 Å². The van der Waals surface area contributed by atoms with Crippen molar-refractivity contribution < 1.29 is 19.7 Å². The summed E-state index contributed by atoms with van der Waals surface area (Å²) in [5, 5.41) is 16.7. The molecule has 2 aromatic heterocycles. The van der Waals surface area contributed by atoms with Crippen molar-refractivity contribution in [1.82, 2.24) is 8.97 Å². The first-order valence-electron chi connectivity index (χ1n) is 9.81. The van der Waals surface area contributed by atoms with Gasteiger partial charge in [0.1, 0.15) is 16.0 Å². The number of carbonyl (C=O) groups is 1. The minimum Gasteiger partial charge on any atom is -0.496 e. The molecular formula is C23H29BrN2O5. The predicted octanol–water partition coefficient (Wildman–Crippen LogP) is 3.47. The van der Waals surface area contributed by atoms with Crippen LogP contribution in [-0.2, 0) is 30.1 Å². The minimum absolute atomic E-state index is 0.277. The highest BCUT2D eigenvalue weighted by Crippen LogP contribution is 2.29. The van der Waals surface area contributed by atoms with Gasteiger partial charge in [0.25, 0.3) is 5.56 Å². The number of rotatable bonds is 6. The average molecular weight is 493 g/mol. The second-order valence-electron chi connectivity index (χ2n) is 7.72. The van der Waals surface area contributed by atoms with Gasteiger partial charge in [-0.25, -0.2) is 0 Å². The van der Waals surface area contributed by atoms with Crippen LogP contribution < -0.4 is 10.3 Å². The van der Waals surface area contributed by atoms with Crippen LogP contribution in [0.15, 0.2) is 39.7 Å². The quantitative estimate of drug-likeness (QED) is 0.549. The van der Waals surface area contributed by atoms with E-state index in [9.17, 15) is 14.7 Å². The lowest BCUT2D eigenvalue weighted by molar-refractivity contribution is -0.142. The maximum atomic E-state index is 13.2. The maximum Gasteiger partial charge on any atom is 0.313 e. The zero-order valence-electron chi connectivity index (χ0n) is 18.7. The number of aromatic nitrogens is 2. The van der Waals surface area contributed by atoms with Gasteiger partial charge >= 0.3 is 5.97 Å². The lowest BCUT2D eigenvalue weighted by Crippen LogP contribution is -2.36. The largest absolute Gasteiger partial charge is 0.496 e. The molecule has 0 fully saturated rings. The summed E-state index contributed by atoms with van der Waals surface area (Å²) in [7, 11) is 4.53. The molecule has 0 spiro atoms. The number of aryl methyl sites for hydroxylation is 4. The van der Waals surface area contributed by atoms with Gasteiger partial charge in [-0.1, -0.05) is 18.2 Å². The Balaban J connectivity index is 0.00000166. The number of benzene rings is 1. The van der Waals surface area contributed by atoms with E-state index in [0.717, 1.165) is 39.9 Å². The zero-order chi connectivity index (χ0) is 23.5. The van der Waals surface area contributed by atoms with Crippen LogP contribution in [-0.4, -0.2) is 39.4 Å². The Morgan fingerprint density at radius 1 is 1.16 bits per heavy atom. The van der Waals surface area contributed by atoms with Gasteiger partial charge < -0.3 is 19.5 Å². The van der Waals surface area contributed by atoms with E-state index < -0.39 is 11.4 Å². The molecule has 0 bridgehead atoms. The van der Waals surface area contributed by atoms with Crippen molar-refractivity contribution in [3.05, 3.63) is 67.7 Å². The van der Waals surface area contributed by atoms with Gasteiger partial charge in [0.2, 0.25) is 0 Å². The highest BCUT2D eigenvalue weighted by molar-refractivity contribution is 9.10. The number of aliphatic hydroxyl groups excluding tert-OH is 1. The summed E-state index contributed by atoms with van der Waals surface area (Å²) in [6.45, 7) is 4.98. The van der Waals surface area contributed by atoms with Gasteiger partial charge in [0.05, 0.1) is 18.2 Å². The Morgan fingerprint density at radius 3 is 2.32 bits per heavy atom. The van der Waals surface area contributed by atoms with Crippen LogP contribution in [0.3, 0.4) is 0 Å². The highest BCUT2D eigenvalue weighted by atomic mass is 79.9.